The van der Waals surface area contributed by atoms with E-state index in [1.807, 2.05) is 41.2 Å². The largest absolute Gasteiger partial charge is 0.492 e. The Labute approximate surface area is 191 Å². The van der Waals surface area contributed by atoms with Crippen molar-refractivity contribution >= 4 is 17.5 Å². The molecule has 5 rings (SSSR count). The average molecular weight is 448 g/mol. The lowest BCUT2D eigenvalue weighted by Gasteiger charge is -2.33. The molecule has 0 bridgehead atoms. The van der Waals surface area contributed by atoms with Crippen LogP contribution >= 0.6 is 0 Å². The molecule has 0 unspecified atom stereocenters. The molecule has 3 aromatic rings. The molecule has 170 valence electrons. The molecule has 1 aliphatic heterocycles. The summed E-state index contributed by atoms with van der Waals surface area (Å²) < 4.78 is 20.9. The molecule has 1 saturated carbocycles. The Bertz CT molecular complexity index is 1150. The highest BCUT2D eigenvalue weighted by atomic mass is 19.1. The van der Waals surface area contributed by atoms with Gasteiger partial charge in [-0.2, -0.15) is 5.10 Å². The smallest absolute Gasteiger partial charge is 0.240 e. The maximum Gasteiger partial charge on any atom is 0.240 e. The Hall–Kier alpha value is -3.68. The van der Waals surface area contributed by atoms with Crippen LogP contribution in [0.15, 0.2) is 67.0 Å². The molecule has 1 aromatic heterocycles. The number of nitrogens with one attached hydrogen (secondary N) is 1. The minimum absolute atomic E-state index is 0.0391. The van der Waals surface area contributed by atoms with Gasteiger partial charge in [0.1, 0.15) is 24.7 Å². The summed E-state index contributed by atoms with van der Waals surface area (Å²) in [5.41, 5.74) is 1.16. The molecule has 2 aliphatic rings. The van der Waals surface area contributed by atoms with Crippen molar-refractivity contribution < 1.29 is 18.7 Å². The number of fused-ring (bicyclic) bond motifs is 3. The maximum atomic E-state index is 13.5. The van der Waals surface area contributed by atoms with E-state index in [1.54, 1.807) is 23.2 Å². The zero-order valence-electron chi connectivity index (χ0n) is 18.1. The zero-order valence-corrected chi connectivity index (χ0v) is 18.1. The van der Waals surface area contributed by atoms with E-state index in [0.717, 1.165) is 17.7 Å². The second-order valence-electron chi connectivity index (χ2n) is 8.58. The third kappa shape index (κ3) is 4.20. The second kappa shape index (κ2) is 8.69. The summed E-state index contributed by atoms with van der Waals surface area (Å²) in [5.74, 6) is -0.0544. The zero-order chi connectivity index (χ0) is 22.8. The van der Waals surface area contributed by atoms with Gasteiger partial charge in [0.05, 0.1) is 5.41 Å². The number of carbonyl (C=O) groups is 2. The lowest BCUT2D eigenvalue weighted by molar-refractivity contribution is -0.128. The fourth-order valence-electron chi connectivity index (χ4n) is 4.58. The third-order valence-electron chi connectivity index (χ3n) is 6.41. The lowest BCUT2D eigenvalue weighted by Crippen LogP contribution is -2.48. The fraction of sp³-hybridized carbons (Fsp3) is 0.320. The number of halogens is 1. The molecule has 1 aliphatic carbocycles. The molecule has 33 heavy (non-hydrogen) atoms. The molecule has 1 fully saturated rings. The molecular weight excluding hydrogens is 423 g/mol. The van der Waals surface area contributed by atoms with Crippen molar-refractivity contribution in [1.29, 1.82) is 0 Å². The van der Waals surface area contributed by atoms with Crippen molar-refractivity contribution in [1.82, 2.24) is 15.1 Å². The molecule has 2 atom stereocenters. The molecule has 2 heterocycles. The maximum absolute atomic E-state index is 13.5. The van der Waals surface area contributed by atoms with Crippen LogP contribution in [0.25, 0.3) is 0 Å². The van der Waals surface area contributed by atoms with E-state index >= 15 is 0 Å². The summed E-state index contributed by atoms with van der Waals surface area (Å²) in [4.78, 5) is 27.8. The van der Waals surface area contributed by atoms with E-state index in [-0.39, 0.29) is 36.7 Å². The second-order valence-corrected chi connectivity index (χ2v) is 8.58. The molecule has 7 nitrogen and oxygen atoms in total. The number of nitrogens with zero attached hydrogens (tertiary/aromatic N) is 3. The minimum atomic E-state index is -0.691. The van der Waals surface area contributed by atoms with Crippen LogP contribution in [0.2, 0.25) is 0 Å². The topological polar surface area (TPSA) is 76.5 Å². The average Bonchev–Trinajstić information content (AvgIpc) is 3.35. The molecular formula is C25H25FN4O3. The first-order chi connectivity index (χ1) is 16.1. The van der Waals surface area contributed by atoms with Crippen LogP contribution in [-0.2, 0) is 16.1 Å². The van der Waals surface area contributed by atoms with Crippen molar-refractivity contribution in [3.63, 3.8) is 0 Å². The monoisotopic (exact) mass is 448 g/mol. The Morgan fingerprint density at radius 3 is 2.79 bits per heavy atom. The van der Waals surface area contributed by atoms with Gasteiger partial charge < -0.3 is 15.0 Å². The number of hydrogen-bond donors (Lipinski definition) is 1. The standard InChI is InChI=1S/C25H25FN4O3/c26-18-7-9-19(10-8-18)33-17-25-15-21(25)20-5-1-2-6-22(20)30(24(25)32)16-23(31)27-11-3-13-29-14-4-12-28-29/h1-2,4-10,12,14,21H,3,11,13,15-17H2,(H,27,31)/t21-,25+/m0/s1. The minimum Gasteiger partial charge on any atom is -0.492 e. The summed E-state index contributed by atoms with van der Waals surface area (Å²) in [7, 11) is 0. The van der Waals surface area contributed by atoms with Crippen LogP contribution in [0.4, 0.5) is 10.1 Å². The quantitative estimate of drug-likeness (QED) is 0.511. The third-order valence-corrected chi connectivity index (χ3v) is 6.41. The van der Waals surface area contributed by atoms with Crippen molar-refractivity contribution in [2.24, 2.45) is 5.41 Å². The van der Waals surface area contributed by atoms with Crippen molar-refractivity contribution in [2.45, 2.75) is 25.3 Å². The number of ether oxygens (including phenoxy) is 1. The van der Waals surface area contributed by atoms with Gasteiger partial charge in [0.2, 0.25) is 11.8 Å². The SMILES string of the molecule is O=C(CN1C(=O)[C@@]2(COc3ccc(F)cc3)C[C@H]2c2ccccc21)NCCCn1cccn1. The van der Waals surface area contributed by atoms with E-state index in [0.29, 0.717) is 25.3 Å². The molecule has 8 heteroatoms. The summed E-state index contributed by atoms with van der Waals surface area (Å²) >= 11 is 0. The molecule has 2 aromatic carbocycles. The normalized spacial score (nSPS) is 20.7. The van der Waals surface area contributed by atoms with Gasteiger partial charge in [-0.15, -0.1) is 0 Å². The molecule has 0 spiro atoms. The number of anilines is 1. The van der Waals surface area contributed by atoms with Gasteiger partial charge in [0.15, 0.2) is 0 Å². The highest BCUT2D eigenvalue weighted by Crippen LogP contribution is 2.65. The first-order valence-electron chi connectivity index (χ1n) is 11.1. The van der Waals surface area contributed by atoms with Crippen LogP contribution < -0.4 is 15.0 Å². The van der Waals surface area contributed by atoms with Gasteiger partial charge >= 0.3 is 0 Å². The first-order valence-corrected chi connectivity index (χ1v) is 11.1. The van der Waals surface area contributed by atoms with E-state index in [4.69, 9.17) is 4.74 Å². The van der Waals surface area contributed by atoms with Crippen LogP contribution in [0, 0.1) is 11.2 Å². The van der Waals surface area contributed by atoms with Crippen molar-refractivity contribution in [3.8, 4) is 5.75 Å². The summed E-state index contributed by atoms with van der Waals surface area (Å²) in [6, 6.07) is 15.4. The number of carbonyl (C=O) groups excluding carboxylic acids is 2. The van der Waals surface area contributed by atoms with Crippen molar-refractivity contribution in [2.75, 3.05) is 24.6 Å². The fourth-order valence-corrected chi connectivity index (χ4v) is 4.58. The summed E-state index contributed by atoms with van der Waals surface area (Å²) in [5, 5.41) is 7.05. The van der Waals surface area contributed by atoms with Crippen molar-refractivity contribution in [3.05, 3.63) is 78.4 Å². The van der Waals surface area contributed by atoms with Crippen LogP contribution in [0.1, 0.15) is 24.3 Å². The van der Waals surface area contributed by atoms with Gasteiger partial charge in [-0.05, 0) is 54.8 Å². The Balaban J connectivity index is 1.25. The summed E-state index contributed by atoms with van der Waals surface area (Å²) in [6.45, 7) is 1.37. The molecule has 2 amide bonds. The van der Waals surface area contributed by atoms with Gasteiger partial charge in [-0.3, -0.25) is 14.3 Å². The lowest BCUT2D eigenvalue weighted by atomic mass is 9.92. The number of benzene rings is 2. The Kier molecular flexibility index (Phi) is 5.58. The van der Waals surface area contributed by atoms with Gasteiger partial charge in [-0.1, -0.05) is 18.2 Å². The number of aromatic nitrogens is 2. The number of aryl methyl sites for hydroxylation is 1. The number of para-hydroxylation sites is 1. The summed E-state index contributed by atoms with van der Waals surface area (Å²) in [6.07, 6.45) is 5.02. The van der Waals surface area contributed by atoms with E-state index in [2.05, 4.69) is 10.4 Å². The number of hydrogen-bond acceptors (Lipinski definition) is 4. The van der Waals surface area contributed by atoms with E-state index in [9.17, 15) is 14.0 Å². The van der Waals surface area contributed by atoms with Crippen LogP contribution in [0.5, 0.6) is 5.75 Å². The molecule has 1 N–H and O–H groups in total. The first kappa shape index (κ1) is 21.2. The van der Waals surface area contributed by atoms with Crippen LogP contribution in [0.3, 0.4) is 0 Å². The van der Waals surface area contributed by atoms with Gasteiger partial charge in [0, 0.05) is 37.1 Å². The predicted molar refractivity (Wildman–Crippen MR) is 120 cm³/mol. The highest BCUT2D eigenvalue weighted by molar-refractivity contribution is 6.07. The van der Waals surface area contributed by atoms with E-state index in [1.165, 1.54) is 12.1 Å². The van der Waals surface area contributed by atoms with Gasteiger partial charge in [0.25, 0.3) is 0 Å². The highest BCUT2D eigenvalue weighted by Gasteiger charge is 2.66. The Morgan fingerprint density at radius 2 is 2.00 bits per heavy atom. The Morgan fingerprint density at radius 1 is 1.18 bits per heavy atom. The van der Waals surface area contributed by atoms with Crippen LogP contribution in [-0.4, -0.2) is 41.3 Å². The number of amides is 2. The molecule has 0 radical (unpaired) electrons. The number of rotatable bonds is 9. The molecule has 0 saturated heterocycles. The predicted octanol–water partition coefficient (Wildman–Crippen LogP) is 3.13. The van der Waals surface area contributed by atoms with Gasteiger partial charge in [-0.25, -0.2) is 4.39 Å². The van der Waals surface area contributed by atoms with E-state index < -0.39 is 5.41 Å².